The number of hydrogen-bond acceptors (Lipinski definition) is 1. The van der Waals surface area contributed by atoms with Crippen molar-refractivity contribution in [3.63, 3.8) is 0 Å². The highest BCUT2D eigenvalue weighted by Gasteiger charge is 2.25. The maximum Gasteiger partial charge on any atom is 0.0843 e. The Morgan fingerprint density at radius 2 is 1.75 bits per heavy atom. The van der Waals surface area contributed by atoms with Gasteiger partial charge in [-0.2, -0.15) is 0 Å². The van der Waals surface area contributed by atoms with Crippen molar-refractivity contribution >= 4 is 8.07 Å². The van der Waals surface area contributed by atoms with Crippen LogP contribution in [0.2, 0.25) is 19.6 Å². The summed E-state index contributed by atoms with van der Waals surface area (Å²) in [6.07, 6.45) is 0. The van der Waals surface area contributed by atoms with Gasteiger partial charge in [-0.25, -0.2) is 0 Å². The SMILES string of the molecule is C=C=C([C@@H](N)C(C)C)[Si](C)(C)C. The number of rotatable bonds is 3. The summed E-state index contributed by atoms with van der Waals surface area (Å²) < 4.78 is 0. The van der Waals surface area contributed by atoms with Crippen LogP contribution in [0.25, 0.3) is 0 Å². The van der Waals surface area contributed by atoms with Crippen molar-refractivity contribution in [3.8, 4) is 0 Å². The molecule has 1 atom stereocenters. The molecule has 0 aliphatic heterocycles. The fourth-order valence-electron chi connectivity index (χ4n) is 1.22. The molecule has 0 aliphatic rings. The van der Waals surface area contributed by atoms with Crippen LogP contribution in [-0.2, 0) is 0 Å². The Balaban J connectivity index is 4.73. The molecule has 0 radical (unpaired) electrons. The first-order valence-corrected chi connectivity index (χ1v) is 7.96. The highest BCUT2D eigenvalue weighted by Crippen LogP contribution is 2.19. The third kappa shape index (κ3) is 2.98. The number of hydrogen-bond donors (Lipinski definition) is 1. The number of nitrogens with two attached hydrogens (primary N) is 1. The Kier molecular flexibility index (Phi) is 3.98. The van der Waals surface area contributed by atoms with E-state index in [2.05, 4.69) is 45.8 Å². The maximum atomic E-state index is 6.05. The minimum absolute atomic E-state index is 0.147. The Hall–Kier alpha value is -0.303. The summed E-state index contributed by atoms with van der Waals surface area (Å²) in [5.74, 6) is 0.487. The third-order valence-corrected chi connectivity index (χ3v) is 4.18. The molecular formula is C10H21NSi. The molecular weight excluding hydrogens is 162 g/mol. The van der Waals surface area contributed by atoms with Gasteiger partial charge in [0.2, 0.25) is 0 Å². The molecule has 0 heterocycles. The molecule has 1 nitrogen and oxygen atoms in total. The van der Waals surface area contributed by atoms with Gasteiger partial charge >= 0.3 is 0 Å². The topological polar surface area (TPSA) is 26.0 Å². The van der Waals surface area contributed by atoms with E-state index < -0.39 is 8.07 Å². The molecule has 0 rings (SSSR count). The Labute approximate surface area is 77.4 Å². The lowest BCUT2D eigenvalue weighted by Gasteiger charge is -2.27. The molecule has 0 unspecified atom stereocenters. The summed E-state index contributed by atoms with van der Waals surface area (Å²) in [7, 11) is -1.29. The highest BCUT2D eigenvalue weighted by atomic mass is 28.3. The quantitative estimate of drug-likeness (QED) is 0.528. The van der Waals surface area contributed by atoms with Gasteiger partial charge in [0.15, 0.2) is 0 Å². The summed E-state index contributed by atoms with van der Waals surface area (Å²) in [4.78, 5) is 0. The van der Waals surface area contributed by atoms with E-state index in [1.807, 2.05) is 0 Å². The molecule has 0 bridgehead atoms. The first-order chi connectivity index (χ1) is 5.30. The summed E-state index contributed by atoms with van der Waals surface area (Å²) in [6.45, 7) is 14.8. The van der Waals surface area contributed by atoms with E-state index >= 15 is 0 Å². The molecule has 2 N–H and O–H groups in total. The summed E-state index contributed by atoms with van der Waals surface area (Å²) >= 11 is 0. The zero-order chi connectivity index (χ0) is 9.94. The van der Waals surface area contributed by atoms with Crippen LogP contribution in [0.3, 0.4) is 0 Å². The van der Waals surface area contributed by atoms with E-state index in [-0.39, 0.29) is 6.04 Å². The second-order valence-electron chi connectivity index (χ2n) is 4.61. The molecule has 0 aliphatic carbocycles. The van der Waals surface area contributed by atoms with Gasteiger partial charge in [0, 0.05) is 6.04 Å². The van der Waals surface area contributed by atoms with Gasteiger partial charge in [-0.1, -0.05) is 40.1 Å². The van der Waals surface area contributed by atoms with Crippen LogP contribution in [0.5, 0.6) is 0 Å². The van der Waals surface area contributed by atoms with E-state index in [1.54, 1.807) is 0 Å². The molecule has 2 heteroatoms. The molecule has 12 heavy (non-hydrogen) atoms. The zero-order valence-electron chi connectivity index (χ0n) is 8.94. The van der Waals surface area contributed by atoms with Crippen molar-refractivity contribution in [3.05, 3.63) is 17.5 Å². The fraction of sp³-hybridized carbons (Fsp3) is 0.700. The predicted octanol–water partition coefficient (Wildman–Crippen LogP) is 2.56. The van der Waals surface area contributed by atoms with Gasteiger partial charge in [-0.3, -0.25) is 0 Å². The van der Waals surface area contributed by atoms with Crippen LogP contribution < -0.4 is 5.73 Å². The summed E-state index contributed by atoms with van der Waals surface area (Å²) in [5, 5.41) is 1.26. The lowest BCUT2D eigenvalue weighted by molar-refractivity contribution is 0.561. The zero-order valence-corrected chi connectivity index (χ0v) is 9.94. The normalized spacial score (nSPS) is 14.2. The van der Waals surface area contributed by atoms with Gasteiger partial charge in [0.1, 0.15) is 0 Å². The van der Waals surface area contributed by atoms with Crippen LogP contribution >= 0.6 is 0 Å². The molecule has 0 saturated heterocycles. The van der Waals surface area contributed by atoms with Crippen LogP contribution in [0, 0.1) is 5.92 Å². The van der Waals surface area contributed by atoms with Gasteiger partial charge in [-0.15, -0.1) is 5.73 Å². The minimum atomic E-state index is -1.29. The Morgan fingerprint density at radius 3 is 1.83 bits per heavy atom. The summed E-state index contributed by atoms with van der Waals surface area (Å²) in [5.41, 5.74) is 9.08. The maximum absolute atomic E-state index is 6.05. The van der Waals surface area contributed by atoms with Crippen molar-refractivity contribution in [2.75, 3.05) is 0 Å². The molecule has 0 fully saturated rings. The Bertz CT molecular complexity index is 194. The first-order valence-electron chi connectivity index (χ1n) is 4.46. The monoisotopic (exact) mass is 183 g/mol. The minimum Gasteiger partial charge on any atom is -0.324 e. The predicted molar refractivity (Wildman–Crippen MR) is 58.8 cm³/mol. The largest absolute Gasteiger partial charge is 0.324 e. The Morgan fingerprint density at radius 1 is 1.33 bits per heavy atom. The molecule has 70 valence electrons. The van der Waals surface area contributed by atoms with Crippen molar-refractivity contribution < 1.29 is 0 Å². The molecule has 0 amide bonds. The van der Waals surface area contributed by atoms with Crippen LogP contribution in [-0.4, -0.2) is 14.1 Å². The van der Waals surface area contributed by atoms with E-state index in [1.165, 1.54) is 5.20 Å². The van der Waals surface area contributed by atoms with Crippen LogP contribution in [0.1, 0.15) is 13.8 Å². The lowest BCUT2D eigenvalue weighted by Crippen LogP contribution is -2.40. The average molecular weight is 183 g/mol. The van der Waals surface area contributed by atoms with E-state index in [0.717, 1.165) is 0 Å². The van der Waals surface area contributed by atoms with Crippen molar-refractivity contribution in [1.29, 1.82) is 0 Å². The molecule has 0 aromatic carbocycles. The lowest BCUT2D eigenvalue weighted by atomic mass is 10.1. The van der Waals surface area contributed by atoms with Gasteiger partial charge in [0.25, 0.3) is 0 Å². The van der Waals surface area contributed by atoms with Crippen LogP contribution in [0.15, 0.2) is 17.5 Å². The highest BCUT2D eigenvalue weighted by molar-refractivity contribution is 6.83. The molecule has 0 aromatic heterocycles. The van der Waals surface area contributed by atoms with Crippen molar-refractivity contribution in [2.24, 2.45) is 11.7 Å². The van der Waals surface area contributed by atoms with Gasteiger partial charge in [0.05, 0.1) is 8.07 Å². The first kappa shape index (κ1) is 11.7. The standard InChI is InChI=1S/C10H21NSi/c1-7-9(12(4,5)6)10(11)8(2)3/h8,10H,1,11H2,2-6H3/t10-/m0/s1. The summed E-state index contributed by atoms with van der Waals surface area (Å²) in [6, 6.07) is 0.147. The fourth-order valence-corrected chi connectivity index (χ4v) is 3.08. The van der Waals surface area contributed by atoms with Gasteiger partial charge in [-0.05, 0) is 11.1 Å². The second-order valence-corrected chi connectivity index (χ2v) is 9.65. The molecule has 0 spiro atoms. The van der Waals surface area contributed by atoms with Gasteiger partial charge < -0.3 is 5.73 Å². The van der Waals surface area contributed by atoms with E-state index in [4.69, 9.17) is 5.73 Å². The van der Waals surface area contributed by atoms with E-state index in [0.29, 0.717) is 5.92 Å². The second kappa shape index (κ2) is 4.08. The third-order valence-electron chi connectivity index (χ3n) is 2.05. The smallest absolute Gasteiger partial charge is 0.0843 e. The van der Waals surface area contributed by atoms with Crippen molar-refractivity contribution in [1.82, 2.24) is 0 Å². The molecule has 0 saturated carbocycles. The van der Waals surface area contributed by atoms with Crippen molar-refractivity contribution in [2.45, 2.75) is 39.5 Å². The van der Waals surface area contributed by atoms with E-state index in [9.17, 15) is 0 Å². The average Bonchev–Trinajstić information content (AvgIpc) is 1.85. The molecule has 0 aromatic rings. The van der Waals surface area contributed by atoms with Crippen LogP contribution in [0.4, 0.5) is 0 Å².